The van der Waals surface area contributed by atoms with Gasteiger partial charge in [0.05, 0.1) is 5.52 Å². The second-order valence-corrected chi connectivity index (χ2v) is 6.79. The molecule has 106 valence electrons. The molecule has 21 heavy (non-hydrogen) atoms. The summed E-state index contributed by atoms with van der Waals surface area (Å²) in [6.07, 6.45) is 0. The molecule has 2 aromatic carbocycles. The predicted octanol–water partition coefficient (Wildman–Crippen LogP) is 5.18. The maximum absolute atomic E-state index is 5.78. The second kappa shape index (κ2) is 6.08. The molecule has 0 aliphatic carbocycles. The fraction of sp³-hybridized carbons (Fsp3) is 0.118. The van der Waals surface area contributed by atoms with E-state index in [2.05, 4.69) is 51.2 Å². The first kappa shape index (κ1) is 14.4. The van der Waals surface area contributed by atoms with Crippen molar-refractivity contribution in [2.75, 3.05) is 5.73 Å². The highest BCUT2D eigenvalue weighted by atomic mass is 79.9. The average molecular weight is 359 g/mol. The number of benzene rings is 2. The fourth-order valence-corrected chi connectivity index (χ4v) is 3.95. The van der Waals surface area contributed by atoms with Crippen LogP contribution >= 0.6 is 27.7 Å². The zero-order valence-corrected chi connectivity index (χ0v) is 14.0. The van der Waals surface area contributed by atoms with Gasteiger partial charge in [-0.15, -0.1) is 11.8 Å². The Hall–Kier alpha value is -1.52. The Morgan fingerprint density at radius 1 is 1.14 bits per heavy atom. The number of pyridine rings is 1. The van der Waals surface area contributed by atoms with Crippen LogP contribution in [0.2, 0.25) is 0 Å². The van der Waals surface area contributed by atoms with E-state index in [9.17, 15) is 0 Å². The Kier molecular flexibility index (Phi) is 4.17. The van der Waals surface area contributed by atoms with Crippen molar-refractivity contribution in [2.24, 2.45) is 0 Å². The highest BCUT2D eigenvalue weighted by molar-refractivity contribution is 9.10. The van der Waals surface area contributed by atoms with E-state index >= 15 is 0 Å². The summed E-state index contributed by atoms with van der Waals surface area (Å²) in [5.41, 5.74) is 9.98. The SMILES string of the molecule is Cc1cc(CSc2ccc(N)cc2Br)c2ccccc2n1. The second-order valence-electron chi connectivity index (χ2n) is 4.92. The van der Waals surface area contributed by atoms with Crippen molar-refractivity contribution >= 4 is 44.3 Å². The van der Waals surface area contributed by atoms with Crippen molar-refractivity contribution in [3.63, 3.8) is 0 Å². The molecule has 0 amide bonds. The average Bonchev–Trinajstić information content (AvgIpc) is 2.46. The van der Waals surface area contributed by atoms with Gasteiger partial charge in [0.15, 0.2) is 0 Å². The largest absolute Gasteiger partial charge is 0.399 e. The van der Waals surface area contributed by atoms with Crippen molar-refractivity contribution < 1.29 is 0 Å². The summed E-state index contributed by atoms with van der Waals surface area (Å²) in [5, 5.41) is 1.22. The maximum atomic E-state index is 5.78. The summed E-state index contributed by atoms with van der Waals surface area (Å²) in [7, 11) is 0. The van der Waals surface area contributed by atoms with Crippen molar-refractivity contribution in [3.8, 4) is 0 Å². The highest BCUT2D eigenvalue weighted by Crippen LogP contribution is 2.33. The predicted molar refractivity (Wildman–Crippen MR) is 94.6 cm³/mol. The lowest BCUT2D eigenvalue weighted by Crippen LogP contribution is -1.91. The smallest absolute Gasteiger partial charge is 0.0708 e. The van der Waals surface area contributed by atoms with Crippen molar-refractivity contribution in [2.45, 2.75) is 17.6 Å². The number of fused-ring (bicyclic) bond motifs is 1. The number of rotatable bonds is 3. The lowest BCUT2D eigenvalue weighted by molar-refractivity contribution is 1.22. The van der Waals surface area contributed by atoms with Gasteiger partial charge in [-0.05, 0) is 58.7 Å². The van der Waals surface area contributed by atoms with Crippen molar-refractivity contribution in [3.05, 3.63) is 64.3 Å². The van der Waals surface area contributed by atoms with E-state index in [1.54, 1.807) is 11.8 Å². The minimum atomic E-state index is 0.774. The minimum absolute atomic E-state index is 0.774. The minimum Gasteiger partial charge on any atom is -0.399 e. The molecule has 0 bridgehead atoms. The number of thioether (sulfide) groups is 1. The zero-order chi connectivity index (χ0) is 14.8. The Balaban J connectivity index is 1.91. The Labute approximate surface area is 136 Å². The van der Waals surface area contributed by atoms with Crippen LogP contribution < -0.4 is 5.73 Å². The number of halogens is 1. The molecule has 2 N–H and O–H groups in total. The Morgan fingerprint density at radius 2 is 1.95 bits per heavy atom. The van der Waals surface area contributed by atoms with Crippen molar-refractivity contribution in [1.29, 1.82) is 0 Å². The van der Waals surface area contributed by atoms with Crippen LogP contribution in [0.15, 0.2) is 57.9 Å². The first-order valence-electron chi connectivity index (χ1n) is 6.66. The molecule has 0 aliphatic rings. The van der Waals surface area contributed by atoms with Gasteiger partial charge in [0.25, 0.3) is 0 Å². The number of nitrogens with two attached hydrogens (primary N) is 1. The summed E-state index contributed by atoms with van der Waals surface area (Å²) in [6, 6.07) is 16.4. The van der Waals surface area contributed by atoms with Crippen LogP contribution in [-0.4, -0.2) is 4.98 Å². The zero-order valence-electron chi connectivity index (χ0n) is 11.6. The molecule has 0 saturated heterocycles. The van der Waals surface area contributed by atoms with Crippen LogP contribution in [0.4, 0.5) is 5.69 Å². The lowest BCUT2D eigenvalue weighted by atomic mass is 10.1. The summed E-state index contributed by atoms with van der Waals surface area (Å²) in [6.45, 7) is 2.04. The Bertz CT molecular complexity index is 802. The summed E-state index contributed by atoms with van der Waals surface area (Å²) in [5.74, 6) is 0.909. The van der Waals surface area contributed by atoms with E-state index < -0.39 is 0 Å². The van der Waals surface area contributed by atoms with E-state index in [0.717, 1.165) is 27.1 Å². The Morgan fingerprint density at radius 3 is 2.76 bits per heavy atom. The van der Waals surface area contributed by atoms with Crippen LogP contribution in [0.3, 0.4) is 0 Å². The van der Waals surface area contributed by atoms with E-state index in [1.165, 1.54) is 15.8 Å². The van der Waals surface area contributed by atoms with Gasteiger partial charge < -0.3 is 5.73 Å². The number of hydrogen-bond acceptors (Lipinski definition) is 3. The number of hydrogen-bond donors (Lipinski definition) is 1. The van der Waals surface area contributed by atoms with E-state index in [1.807, 2.05) is 25.1 Å². The third-order valence-electron chi connectivity index (χ3n) is 3.27. The van der Waals surface area contributed by atoms with Gasteiger partial charge in [-0.1, -0.05) is 18.2 Å². The molecule has 0 atom stereocenters. The maximum Gasteiger partial charge on any atom is 0.0708 e. The van der Waals surface area contributed by atoms with E-state index in [-0.39, 0.29) is 0 Å². The van der Waals surface area contributed by atoms with Gasteiger partial charge in [-0.3, -0.25) is 4.98 Å². The van der Waals surface area contributed by atoms with Gasteiger partial charge >= 0.3 is 0 Å². The summed E-state index contributed by atoms with van der Waals surface area (Å²) >= 11 is 5.37. The fourth-order valence-electron chi connectivity index (χ4n) is 2.30. The molecule has 0 radical (unpaired) electrons. The molecule has 0 saturated carbocycles. The van der Waals surface area contributed by atoms with E-state index in [0.29, 0.717) is 0 Å². The summed E-state index contributed by atoms with van der Waals surface area (Å²) < 4.78 is 1.04. The van der Waals surface area contributed by atoms with Gasteiger partial charge in [-0.25, -0.2) is 0 Å². The molecule has 4 heteroatoms. The van der Waals surface area contributed by atoms with Gasteiger partial charge in [0.1, 0.15) is 0 Å². The lowest BCUT2D eigenvalue weighted by Gasteiger charge is -2.09. The highest BCUT2D eigenvalue weighted by Gasteiger charge is 2.06. The molecule has 3 rings (SSSR count). The van der Waals surface area contributed by atoms with Gasteiger partial charge in [0.2, 0.25) is 0 Å². The molecular weight excluding hydrogens is 344 g/mol. The van der Waals surface area contributed by atoms with Crippen LogP contribution in [0.5, 0.6) is 0 Å². The topological polar surface area (TPSA) is 38.9 Å². The number of aromatic nitrogens is 1. The molecule has 3 aromatic rings. The molecule has 2 nitrogen and oxygen atoms in total. The monoisotopic (exact) mass is 358 g/mol. The quantitative estimate of drug-likeness (QED) is 0.517. The normalized spacial score (nSPS) is 11.0. The van der Waals surface area contributed by atoms with Crippen LogP contribution in [0.25, 0.3) is 10.9 Å². The third kappa shape index (κ3) is 3.22. The number of anilines is 1. The molecule has 0 spiro atoms. The number of nitrogen functional groups attached to an aromatic ring is 1. The standard InChI is InChI=1S/C17H15BrN2S/c1-11-8-12(14-4-2-3-5-16(14)20-11)10-21-17-7-6-13(19)9-15(17)18/h2-9H,10,19H2,1H3. The molecule has 0 fully saturated rings. The van der Waals surface area contributed by atoms with Crippen LogP contribution in [0, 0.1) is 6.92 Å². The number of aryl methyl sites for hydroxylation is 1. The third-order valence-corrected chi connectivity index (χ3v) is 5.31. The number of nitrogens with zero attached hydrogens (tertiary/aromatic N) is 1. The first-order chi connectivity index (χ1) is 10.1. The molecule has 1 aromatic heterocycles. The molecule has 0 unspecified atom stereocenters. The van der Waals surface area contributed by atoms with Crippen LogP contribution in [-0.2, 0) is 5.75 Å². The van der Waals surface area contributed by atoms with E-state index in [4.69, 9.17) is 5.73 Å². The summed E-state index contributed by atoms with van der Waals surface area (Å²) in [4.78, 5) is 5.78. The molecular formula is C17H15BrN2S. The van der Waals surface area contributed by atoms with Crippen molar-refractivity contribution in [1.82, 2.24) is 4.98 Å². The van der Waals surface area contributed by atoms with Gasteiger partial charge in [0, 0.05) is 31.9 Å². The van der Waals surface area contributed by atoms with Crippen LogP contribution in [0.1, 0.15) is 11.3 Å². The first-order valence-corrected chi connectivity index (χ1v) is 8.44. The number of para-hydroxylation sites is 1. The van der Waals surface area contributed by atoms with Gasteiger partial charge in [-0.2, -0.15) is 0 Å². The molecule has 1 heterocycles. The molecule has 0 aliphatic heterocycles.